The fraction of sp³-hybridized carbons (Fsp3) is 0.500. The third kappa shape index (κ3) is 7.26. The number of ether oxygens (including phenoxy) is 1. The van der Waals surface area contributed by atoms with Gasteiger partial charge >= 0.3 is 0 Å². The summed E-state index contributed by atoms with van der Waals surface area (Å²) in [7, 11) is 0. The molecule has 5 nitrogen and oxygen atoms in total. The maximum absolute atomic E-state index is 14.2. The van der Waals surface area contributed by atoms with Gasteiger partial charge in [0.2, 0.25) is 5.91 Å². The van der Waals surface area contributed by atoms with Gasteiger partial charge in [-0.05, 0) is 54.5 Å². The molecule has 0 spiro atoms. The number of nitrogens with one attached hydrogen (secondary N) is 1. The number of anilines is 2. The van der Waals surface area contributed by atoms with E-state index in [2.05, 4.69) is 24.1 Å². The second kappa shape index (κ2) is 12.7. The summed E-state index contributed by atoms with van der Waals surface area (Å²) >= 11 is 0. The van der Waals surface area contributed by atoms with E-state index in [1.165, 1.54) is 25.3 Å². The van der Waals surface area contributed by atoms with Gasteiger partial charge in [0.05, 0.1) is 17.8 Å². The Balaban J connectivity index is 1.96. The molecule has 1 unspecified atom stereocenters. The van der Waals surface area contributed by atoms with Crippen molar-refractivity contribution in [3.8, 4) is 0 Å². The van der Waals surface area contributed by atoms with E-state index < -0.39 is 23.6 Å². The standard InChI is InChI=1S/C28H36F2N2O3/c1-4-27(35-18-33)21-11-13-26(32(17-19(2)3)23-8-6-5-7-9-23)25(14-21)31-28(34)15-20-10-12-22(29)16-24(20)30/h10-14,16,18-19,23,27H,4-9,15,17H2,1-3H3,(H,31,34). The number of nitrogens with zero attached hydrogens (tertiary/aromatic N) is 1. The van der Waals surface area contributed by atoms with Crippen LogP contribution in [0.15, 0.2) is 36.4 Å². The van der Waals surface area contributed by atoms with Gasteiger partial charge < -0.3 is 15.0 Å². The minimum absolute atomic E-state index is 0.128. The van der Waals surface area contributed by atoms with Gasteiger partial charge in [-0.25, -0.2) is 8.78 Å². The van der Waals surface area contributed by atoms with E-state index in [0.717, 1.165) is 42.8 Å². The number of hydrogen-bond acceptors (Lipinski definition) is 4. The van der Waals surface area contributed by atoms with E-state index in [1.54, 1.807) is 0 Å². The fourth-order valence-electron chi connectivity index (χ4n) is 4.84. The van der Waals surface area contributed by atoms with Gasteiger partial charge in [-0.1, -0.05) is 52.2 Å². The van der Waals surface area contributed by atoms with E-state index in [-0.39, 0.29) is 12.0 Å². The molecule has 190 valence electrons. The Morgan fingerprint density at radius 2 is 1.89 bits per heavy atom. The highest BCUT2D eigenvalue weighted by Gasteiger charge is 2.26. The van der Waals surface area contributed by atoms with E-state index in [9.17, 15) is 18.4 Å². The SMILES string of the molecule is CCC(OC=O)c1ccc(N(CC(C)C)C2CCCCC2)c(NC(=O)Cc2ccc(F)cc2F)c1. The van der Waals surface area contributed by atoms with Crippen LogP contribution < -0.4 is 10.2 Å². The summed E-state index contributed by atoms with van der Waals surface area (Å²) in [5, 5.41) is 2.97. The molecule has 2 aromatic carbocycles. The lowest BCUT2D eigenvalue weighted by atomic mass is 9.92. The Labute approximate surface area is 206 Å². The number of carbonyl (C=O) groups is 2. The number of rotatable bonds is 11. The molecule has 0 radical (unpaired) electrons. The predicted molar refractivity (Wildman–Crippen MR) is 134 cm³/mol. The summed E-state index contributed by atoms with van der Waals surface area (Å²) in [5.74, 6) is -1.41. The average molecular weight is 487 g/mol. The molecule has 0 saturated heterocycles. The Hall–Kier alpha value is -2.96. The second-order valence-corrected chi connectivity index (χ2v) is 9.70. The molecule has 1 amide bonds. The molecule has 0 heterocycles. The van der Waals surface area contributed by atoms with Crippen LogP contribution in [0.2, 0.25) is 0 Å². The number of hydrogen-bond donors (Lipinski definition) is 1. The monoisotopic (exact) mass is 486 g/mol. The highest BCUT2D eigenvalue weighted by molar-refractivity contribution is 5.96. The summed E-state index contributed by atoms with van der Waals surface area (Å²) in [5.41, 5.74) is 2.42. The molecule has 0 bridgehead atoms. The van der Waals surface area contributed by atoms with E-state index in [1.807, 2.05) is 25.1 Å². The Bertz CT molecular complexity index is 1010. The minimum atomic E-state index is -0.747. The fourth-order valence-corrected chi connectivity index (χ4v) is 4.84. The molecular formula is C28H36F2N2O3. The van der Waals surface area contributed by atoms with Crippen LogP contribution in [0.5, 0.6) is 0 Å². The zero-order valence-electron chi connectivity index (χ0n) is 20.9. The predicted octanol–water partition coefficient (Wildman–Crippen LogP) is 6.57. The lowest BCUT2D eigenvalue weighted by Gasteiger charge is -2.38. The highest BCUT2D eigenvalue weighted by atomic mass is 19.1. The lowest BCUT2D eigenvalue weighted by Crippen LogP contribution is -2.40. The first-order chi connectivity index (χ1) is 16.8. The number of carbonyl (C=O) groups excluding carboxylic acids is 2. The molecule has 1 saturated carbocycles. The molecule has 1 aliphatic carbocycles. The largest absolute Gasteiger partial charge is 0.460 e. The molecule has 1 N–H and O–H groups in total. The van der Waals surface area contributed by atoms with Gasteiger partial charge in [-0.15, -0.1) is 0 Å². The van der Waals surface area contributed by atoms with Gasteiger partial charge in [0, 0.05) is 18.7 Å². The normalized spacial score (nSPS) is 15.0. The molecule has 0 aromatic heterocycles. The zero-order chi connectivity index (χ0) is 25.4. The summed E-state index contributed by atoms with van der Waals surface area (Å²) in [6.45, 7) is 7.53. The number of benzene rings is 2. The third-order valence-corrected chi connectivity index (χ3v) is 6.51. The molecule has 0 aliphatic heterocycles. The smallest absolute Gasteiger partial charge is 0.293 e. The summed E-state index contributed by atoms with van der Waals surface area (Å²) in [4.78, 5) is 26.4. The minimum Gasteiger partial charge on any atom is -0.460 e. The second-order valence-electron chi connectivity index (χ2n) is 9.70. The van der Waals surface area contributed by atoms with E-state index in [4.69, 9.17) is 4.74 Å². The van der Waals surface area contributed by atoms with Gasteiger partial charge in [0.1, 0.15) is 17.7 Å². The average Bonchev–Trinajstić information content (AvgIpc) is 2.83. The van der Waals surface area contributed by atoms with Crippen molar-refractivity contribution in [3.63, 3.8) is 0 Å². The van der Waals surface area contributed by atoms with Crippen molar-refractivity contribution < 1.29 is 23.1 Å². The first kappa shape index (κ1) is 26.6. The quantitative estimate of drug-likeness (QED) is 0.365. The van der Waals surface area contributed by atoms with E-state index in [0.29, 0.717) is 30.5 Å². The third-order valence-electron chi connectivity index (χ3n) is 6.51. The van der Waals surface area contributed by atoms with Crippen LogP contribution in [0.1, 0.15) is 76.5 Å². The van der Waals surface area contributed by atoms with Crippen LogP contribution in [0, 0.1) is 17.6 Å². The van der Waals surface area contributed by atoms with Gasteiger partial charge in [-0.3, -0.25) is 9.59 Å². The molecule has 1 fully saturated rings. The van der Waals surface area contributed by atoms with Crippen LogP contribution in [0.25, 0.3) is 0 Å². The lowest BCUT2D eigenvalue weighted by molar-refractivity contribution is -0.134. The maximum atomic E-state index is 14.2. The summed E-state index contributed by atoms with van der Waals surface area (Å²) in [6, 6.07) is 9.37. The zero-order valence-corrected chi connectivity index (χ0v) is 20.9. The van der Waals surface area contributed by atoms with Crippen molar-refractivity contribution in [2.75, 3.05) is 16.8 Å². The van der Waals surface area contributed by atoms with Crippen molar-refractivity contribution in [2.24, 2.45) is 5.92 Å². The molecule has 7 heteroatoms. The molecule has 3 rings (SSSR count). The molecule has 1 aliphatic rings. The maximum Gasteiger partial charge on any atom is 0.293 e. The van der Waals surface area contributed by atoms with Crippen LogP contribution >= 0.6 is 0 Å². The first-order valence-corrected chi connectivity index (χ1v) is 12.6. The van der Waals surface area contributed by atoms with Gasteiger partial charge in [0.25, 0.3) is 6.47 Å². The van der Waals surface area contributed by atoms with E-state index >= 15 is 0 Å². The van der Waals surface area contributed by atoms with Crippen LogP contribution in [-0.4, -0.2) is 25.0 Å². The topological polar surface area (TPSA) is 58.6 Å². The van der Waals surface area contributed by atoms with Crippen LogP contribution in [0.3, 0.4) is 0 Å². The summed E-state index contributed by atoms with van der Waals surface area (Å²) < 4.78 is 32.7. The van der Waals surface area contributed by atoms with Crippen LogP contribution in [0.4, 0.5) is 20.2 Å². The highest BCUT2D eigenvalue weighted by Crippen LogP contribution is 2.36. The van der Waals surface area contributed by atoms with Crippen molar-refractivity contribution in [1.29, 1.82) is 0 Å². The molecular weight excluding hydrogens is 450 g/mol. The van der Waals surface area contributed by atoms with Crippen LogP contribution in [-0.2, 0) is 20.7 Å². The molecule has 1 atom stereocenters. The first-order valence-electron chi connectivity index (χ1n) is 12.6. The molecule has 35 heavy (non-hydrogen) atoms. The Kier molecular flexibility index (Phi) is 9.64. The van der Waals surface area contributed by atoms with Crippen molar-refractivity contribution in [3.05, 3.63) is 59.2 Å². The van der Waals surface area contributed by atoms with Crippen molar-refractivity contribution in [1.82, 2.24) is 0 Å². The van der Waals surface area contributed by atoms with Gasteiger partial charge in [0.15, 0.2) is 0 Å². The van der Waals surface area contributed by atoms with Gasteiger partial charge in [-0.2, -0.15) is 0 Å². The number of halogens is 2. The molecule has 2 aromatic rings. The van der Waals surface area contributed by atoms with Crippen molar-refractivity contribution >= 4 is 23.8 Å². The Morgan fingerprint density at radius 3 is 2.51 bits per heavy atom. The van der Waals surface area contributed by atoms with Crippen molar-refractivity contribution in [2.45, 2.75) is 77.9 Å². The number of amides is 1. The summed E-state index contributed by atoms with van der Waals surface area (Å²) in [6.07, 6.45) is 5.71. The Morgan fingerprint density at radius 1 is 1.14 bits per heavy atom.